The minimum Gasteiger partial charge on any atom is -0.350 e. The molecule has 0 spiro atoms. The molecule has 1 aromatic heterocycles. The number of nitrogens with one attached hydrogen (secondary N) is 1. The summed E-state index contributed by atoms with van der Waals surface area (Å²) in [4.78, 5) is 14.5. The van der Waals surface area contributed by atoms with E-state index in [0.29, 0.717) is 23.5 Å². The van der Waals surface area contributed by atoms with Crippen molar-refractivity contribution in [1.82, 2.24) is 15.4 Å². The fourth-order valence-electron chi connectivity index (χ4n) is 3.80. The largest absolute Gasteiger partial charge is 0.350 e. The van der Waals surface area contributed by atoms with E-state index < -0.39 is 0 Å². The molecule has 4 rings (SSSR count). The minimum absolute atomic E-state index is 0. The van der Waals surface area contributed by atoms with Gasteiger partial charge in [-0.1, -0.05) is 35.5 Å². The van der Waals surface area contributed by atoms with E-state index in [1.54, 1.807) is 6.07 Å². The summed E-state index contributed by atoms with van der Waals surface area (Å²) in [6, 6.07) is 12.9. The molecule has 1 N–H and O–H groups in total. The highest BCUT2D eigenvalue weighted by atomic mass is 35.5. The maximum absolute atomic E-state index is 12.7. The van der Waals surface area contributed by atoms with E-state index >= 15 is 0 Å². The van der Waals surface area contributed by atoms with Gasteiger partial charge in [0, 0.05) is 36.8 Å². The third-order valence-electron chi connectivity index (χ3n) is 5.11. The Kier molecular flexibility index (Phi) is 4.92. The zero-order chi connectivity index (χ0) is 15.8. The van der Waals surface area contributed by atoms with E-state index in [2.05, 4.69) is 10.5 Å². The molecule has 2 bridgehead atoms. The smallest absolute Gasteiger partial charge is 0.292 e. The highest BCUT2D eigenvalue weighted by Crippen LogP contribution is 2.30. The zero-order valence-corrected chi connectivity index (χ0v) is 14.5. The molecule has 2 aliphatic rings. The Morgan fingerprint density at radius 3 is 2.54 bits per heavy atom. The third-order valence-corrected chi connectivity index (χ3v) is 5.11. The van der Waals surface area contributed by atoms with Crippen molar-refractivity contribution < 1.29 is 9.32 Å². The Bertz CT molecular complexity index is 691. The van der Waals surface area contributed by atoms with E-state index in [1.807, 2.05) is 42.3 Å². The van der Waals surface area contributed by atoms with Crippen LogP contribution in [-0.2, 0) is 0 Å². The first-order valence-electron chi connectivity index (χ1n) is 8.26. The third kappa shape index (κ3) is 3.19. The van der Waals surface area contributed by atoms with E-state index in [0.717, 1.165) is 18.4 Å². The molecule has 2 saturated heterocycles. The molecule has 0 radical (unpaired) electrons. The summed E-state index contributed by atoms with van der Waals surface area (Å²) in [6.07, 6.45) is 4.50. The number of hydrogen-bond donors (Lipinski definition) is 1. The second-order valence-electron chi connectivity index (χ2n) is 6.62. The summed E-state index contributed by atoms with van der Waals surface area (Å²) in [5.74, 6) is 0.239. The fraction of sp³-hybridized carbons (Fsp3) is 0.444. The molecule has 2 atom stereocenters. The molecule has 5 nitrogen and oxygen atoms in total. The number of carbonyl (C=O) groups excluding carboxylic acids is 1. The monoisotopic (exact) mass is 347 g/mol. The van der Waals surface area contributed by atoms with Crippen LogP contribution in [0.15, 0.2) is 40.9 Å². The predicted molar refractivity (Wildman–Crippen MR) is 94.2 cm³/mol. The standard InChI is InChI=1S/C18H21N3O2.ClH/c1-21(15-9-13-7-8-14(10-15)19-13)18(22)17-11-16(20-23-17)12-5-3-2-4-6-12;/h2-6,11,13-15,19H,7-10H2,1H3;1H. The number of carbonyl (C=O) groups is 1. The number of piperidine rings is 1. The van der Waals surface area contributed by atoms with Gasteiger partial charge in [0.2, 0.25) is 5.76 Å². The fourth-order valence-corrected chi connectivity index (χ4v) is 3.80. The molecular formula is C18H22ClN3O2. The van der Waals surface area contributed by atoms with Gasteiger partial charge in [-0.05, 0) is 25.7 Å². The number of rotatable bonds is 3. The first-order valence-corrected chi connectivity index (χ1v) is 8.26. The summed E-state index contributed by atoms with van der Waals surface area (Å²) >= 11 is 0. The molecule has 1 amide bonds. The van der Waals surface area contributed by atoms with Crippen LogP contribution in [0.2, 0.25) is 0 Å². The average molecular weight is 348 g/mol. The molecule has 0 aliphatic carbocycles. The Labute approximate surface area is 147 Å². The number of aromatic nitrogens is 1. The SMILES string of the molecule is CN(C(=O)c1cc(-c2ccccc2)no1)C1CC2CCC(C1)N2.Cl. The van der Waals surface area contributed by atoms with Gasteiger partial charge < -0.3 is 14.7 Å². The molecule has 0 saturated carbocycles. The van der Waals surface area contributed by atoms with E-state index in [4.69, 9.17) is 4.52 Å². The lowest BCUT2D eigenvalue weighted by molar-refractivity contribution is 0.0640. The van der Waals surface area contributed by atoms with Crippen molar-refractivity contribution in [2.75, 3.05) is 7.05 Å². The van der Waals surface area contributed by atoms with E-state index in [-0.39, 0.29) is 24.4 Å². The number of hydrogen-bond acceptors (Lipinski definition) is 4. The summed E-state index contributed by atoms with van der Waals surface area (Å²) < 4.78 is 5.31. The Balaban J connectivity index is 0.00000169. The maximum atomic E-state index is 12.7. The predicted octanol–water partition coefficient (Wildman–Crippen LogP) is 3.12. The molecule has 24 heavy (non-hydrogen) atoms. The maximum Gasteiger partial charge on any atom is 0.292 e. The molecule has 3 heterocycles. The van der Waals surface area contributed by atoms with Crippen molar-refractivity contribution in [3.63, 3.8) is 0 Å². The van der Waals surface area contributed by atoms with Gasteiger partial charge in [-0.15, -0.1) is 12.4 Å². The van der Waals surface area contributed by atoms with Crippen molar-refractivity contribution in [3.05, 3.63) is 42.2 Å². The molecule has 128 valence electrons. The zero-order valence-electron chi connectivity index (χ0n) is 13.6. The van der Waals surface area contributed by atoms with Crippen LogP contribution in [0.25, 0.3) is 11.3 Å². The topological polar surface area (TPSA) is 58.4 Å². The molecule has 2 fully saturated rings. The van der Waals surface area contributed by atoms with Crippen LogP contribution in [0.1, 0.15) is 36.2 Å². The summed E-state index contributed by atoms with van der Waals surface area (Å²) in [5.41, 5.74) is 1.66. The average Bonchev–Trinajstić information content (AvgIpc) is 3.21. The van der Waals surface area contributed by atoms with Gasteiger partial charge in [-0.2, -0.15) is 0 Å². The van der Waals surface area contributed by atoms with E-state index in [1.165, 1.54) is 12.8 Å². The minimum atomic E-state index is -0.0778. The van der Waals surface area contributed by atoms with Crippen LogP contribution in [0, 0.1) is 0 Å². The Morgan fingerprint density at radius 2 is 1.88 bits per heavy atom. The highest BCUT2D eigenvalue weighted by Gasteiger charge is 2.37. The Hall–Kier alpha value is -1.85. The van der Waals surface area contributed by atoms with Crippen molar-refractivity contribution >= 4 is 18.3 Å². The lowest BCUT2D eigenvalue weighted by atomic mass is 9.98. The van der Waals surface area contributed by atoms with Crippen molar-refractivity contribution in [2.24, 2.45) is 0 Å². The van der Waals surface area contributed by atoms with Gasteiger partial charge in [-0.3, -0.25) is 4.79 Å². The van der Waals surface area contributed by atoms with Crippen molar-refractivity contribution in [3.8, 4) is 11.3 Å². The normalized spacial score (nSPS) is 25.1. The van der Waals surface area contributed by atoms with Crippen LogP contribution < -0.4 is 5.32 Å². The molecule has 1 aromatic carbocycles. The summed E-state index contributed by atoms with van der Waals surface area (Å²) in [7, 11) is 1.88. The summed E-state index contributed by atoms with van der Waals surface area (Å²) in [6.45, 7) is 0. The van der Waals surface area contributed by atoms with Crippen LogP contribution in [0.3, 0.4) is 0 Å². The summed E-state index contributed by atoms with van der Waals surface area (Å²) in [5, 5.41) is 7.65. The van der Waals surface area contributed by atoms with E-state index in [9.17, 15) is 4.79 Å². The quantitative estimate of drug-likeness (QED) is 0.926. The number of halogens is 1. The van der Waals surface area contributed by atoms with Crippen molar-refractivity contribution in [1.29, 1.82) is 0 Å². The first kappa shape index (κ1) is 17.0. The number of nitrogens with zero attached hydrogens (tertiary/aromatic N) is 2. The van der Waals surface area contributed by atoms with Gasteiger partial charge in [0.25, 0.3) is 5.91 Å². The van der Waals surface area contributed by atoms with Gasteiger partial charge in [0.1, 0.15) is 5.69 Å². The molecular weight excluding hydrogens is 326 g/mol. The lowest BCUT2D eigenvalue weighted by Crippen LogP contribution is -2.48. The second-order valence-corrected chi connectivity index (χ2v) is 6.62. The van der Waals surface area contributed by atoms with Crippen LogP contribution in [0.5, 0.6) is 0 Å². The molecule has 2 unspecified atom stereocenters. The number of amides is 1. The Morgan fingerprint density at radius 1 is 1.21 bits per heavy atom. The second kappa shape index (κ2) is 6.95. The molecule has 2 aromatic rings. The first-order chi connectivity index (χ1) is 11.2. The van der Waals surface area contributed by atoms with Crippen LogP contribution in [0.4, 0.5) is 0 Å². The van der Waals surface area contributed by atoms with Crippen LogP contribution in [-0.4, -0.2) is 41.1 Å². The van der Waals surface area contributed by atoms with Gasteiger partial charge in [0.05, 0.1) is 0 Å². The highest BCUT2D eigenvalue weighted by molar-refractivity contribution is 5.92. The van der Waals surface area contributed by atoms with Crippen LogP contribution >= 0.6 is 12.4 Å². The lowest BCUT2D eigenvalue weighted by Gasteiger charge is -2.35. The molecule has 6 heteroatoms. The number of fused-ring (bicyclic) bond motifs is 2. The van der Waals surface area contributed by atoms with Gasteiger partial charge >= 0.3 is 0 Å². The number of benzene rings is 1. The van der Waals surface area contributed by atoms with Crippen molar-refractivity contribution in [2.45, 2.75) is 43.8 Å². The molecule has 2 aliphatic heterocycles. The van der Waals surface area contributed by atoms with Gasteiger partial charge in [-0.25, -0.2) is 0 Å². The van der Waals surface area contributed by atoms with Gasteiger partial charge in [0.15, 0.2) is 0 Å².